The van der Waals surface area contributed by atoms with Gasteiger partial charge in [-0.15, -0.1) is 0 Å². The largest absolute Gasteiger partial charge is 0.354 e. The monoisotopic (exact) mass is 350 g/mol. The number of benzene rings is 1. The Kier molecular flexibility index (Phi) is 4.53. The number of nitrogens with zero attached hydrogens (tertiary/aromatic N) is 4. The molecule has 4 rings (SSSR count). The number of piperazine rings is 1. The quantitative estimate of drug-likeness (QED) is 0.748. The van der Waals surface area contributed by atoms with Crippen LogP contribution in [0.4, 0.5) is 5.82 Å². The number of amides is 1. The molecule has 0 radical (unpaired) electrons. The van der Waals surface area contributed by atoms with E-state index in [1.165, 1.54) is 0 Å². The van der Waals surface area contributed by atoms with Gasteiger partial charge in [0.1, 0.15) is 5.82 Å². The molecule has 1 fully saturated rings. The third kappa shape index (κ3) is 3.25. The third-order valence-electron chi connectivity index (χ3n) is 4.80. The molecule has 2 aromatic heterocycles. The van der Waals surface area contributed by atoms with Gasteiger partial charge in [-0.05, 0) is 19.2 Å². The molecule has 7 nitrogen and oxygen atoms in total. The number of likely N-dealkylation sites (N-methyl/N-ethyl adjacent to an activating group) is 1. The second-order valence-corrected chi connectivity index (χ2v) is 6.58. The fourth-order valence-electron chi connectivity index (χ4n) is 3.27. The smallest absolute Gasteiger partial charge is 0.272 e. The molecule has 26 heavy (non-hydrogen) atoms. The van der Waals surface area contributed by atoms with Crippen molar-refractivity contribution in [2.75, 3.05) is 38.1 Å². The fraction of sp³-hybridized carbons (Fsp3) is 0.316. The average molecular weight is 350 g/mol. The number of fused-ring (bicyclic) bond motifs is 1. The first-order valence-corrected chi connectivity index (χ1v) is 8.81. The lowest BCUT2D eigenvalue weighted by molar-refractivity contribution is 0.0947. The summed E-state index contributed by atoms with van der Waals surface area (Å²) in [6, 6.07) is 11.6. The minimum Gasteiger partial charge on any atom is -0.354 e. The van der Waals surface area contributed by atoms with Crippen molar-refractivity contribution in [1.29, 1.82) is 0 Å². The Balaban J connectivity index is 1.49. The van der Waals surface area contributed by atoms with Gasteiger partial charge in [-0.3, -0.25) is 9.89 Å². The minimum absolute atomic E-state index is 0.185. The number of hydrogen-bond acceptors (Lipinski definition) is 5. The summed E-state index contributed by atoms with van der Waals surface area (Å²) in [7, 11) is 2.13. The van der Waals surface area contributed by atoms with Crippen LogP contribution in [0.3, 0.4) is 0 Å². The summed E-state index contributed by atoms with van der Waals surface area (Å²) in [6.07, 6.45) is 1.81. The van der Waals surface area contributed by atoms with Gasteiger partial charge in [0.2, 0.25) is 0 Å². The Bertz CT molecular complexity index is 913. The van der Waals surface area contributed by atoms with Gasteiger partial charge in [-0.2, -0.15) is 5.10 Å². The summed E-state index contributed by atoms with van der Waals surface area (Å²) in [5.74, 6) is 0.767. The number of H-pyrrole nitrogens is 1. The zero-order valence-electron chi connectivity index (χ0n) is 14.8. The Morgan fingerprint density at radius 1 is 1.15 bits per heavy atom. The van der Waals surface area contributed by atoms with Crippen molar-refractivity contribution in [3.05, 3.63) is 53.9 Å². The number of para-hydroxylation sites is 1. The molecule has 0 saturated carbocycles. The van der Waals surface area contributed by atoms with Crippen LogP contribution < -0.4 is 10.2 Å². The van der Waals surface area contributed by atoms with Gasteiger partial charge in [0.15, 0.2) is 5.69 Å². The van der Waals surface area contributed by atoms with Gasteiger partial charge in [0.05, 0.1) is 5.52 Å². The van der Waals surface area contributed by atoms with Gasteiger partial charge < -0.3 is 15.1 Å². The van der Waals surface area contributed by atoms with E-state index in [0.717, 1.165) is 48.5 Å². The van der Waals surface area contributed by atoms with Crippen molar-refractivity contribution in [3.63, 3.8) is 0 Å². The van der Waals surface area contributed by atoms with Crippen LogP contribution in [-0.2, 0) is 6.54 Å². The maximum absolute atomic E-state index is 12.6. The Morgan fingerprint density at radius 3 is 2.81 bits per heavy atom. The van der Waals surface area contributed by atoms with Crippen molar-refractivity contribution < 1.29 is 4.79 Å². The molecule has 1 aromatic carbocycles. The number of rotatable bonds is 4. The lowest BCUT2D eigenvalue weighted by atomic mass is 10.2. The highest BCUT2D eigenvalue weighted by atomic mass is 16.1. The van der Waals surface area contributed by atoms with E-state index in [2.05, 4.69) is 37.3 Å². The first kappa shape index (κ1) is 16.5. The van der Waals surface area contributed by atoms with Crippen LogP contribution in [0.5, 0.6) is 0 Å². The molecule has 0 spiro atoms. The molecule has 3 heterocycles. The molecular formula is C19H22N6O. The van der Waals surface area contributed by atoms with E-state index in [0.29, 0.717) is 12.2 Å². The van der Waals surface area contributed by atoms with Gasteiger partial charge in [-0.25, -0.2) is 4.98 Å². The van der Waals surface area contributed by atoms with Gasteiger partial charge in [0, 0.05) is 49.9 Å². The van der Waals surface area contributed by atoms with Crippen molar-refractivity contribution in [1.82, 2.24) is 25.4 Å². The van der Waals surface area contributed by atoms with Crippen molar-refractivity contribution in [2.24, 2.45) is 0 Å². The molecule has 1 saturated heterocycles. The van der Waals surface area contributed by atoms with Crippen LogP contribution in [0.1, 0.15) is 16.1 Å². The molecule has 0 unspecified atom stereocenters. The van der Waals surface area contributed by atoms with E-state index < -0.39 is 0 Å². The highest BCUT2D eigenvalue weighted by Crippen LogP contribution is 2.19. The number of carbonyl (C=O) groups excluding carboxylic acids is 1. The molecule has 7 heteroatoms. The second-order valence-electron chi connectivity index (χ2n) is 6.58. The molecule has 1 amide bonds. The number of anilines is 1. The van der Waals surface area contributed by atoms with Crippen molar-refractivity contribution in [3.8, 4) is 0 Å². The van der Waals surface area contributed by atoms with Crippen LogP contribution >= 0.6 is 0 Å². The first-order valence-electron chi connectivity index (χ1n) is 8.81. The van der Waals surface area contributed by atoms with Gasteiger partial charge >= 0.3 is 0 Å². The number of carbonyl (C=O) groups is 1. The van der Waals surface area contributed by atoms with Crippen LogP contribution in [0.25, 0.3) is 10.9 Å². The molecule has 0 atom stereocenters. The van der Waals surface area contributed by atoms with E-state index in [1.54, 1.807) is 6.20 Å². The number of hydrogen-bond donors (Lipinski definition) is 2. The zero-order chi connectivity index (χ0) is 17.9. The summed E-state index contributed by atoms with van der Waals surface area (Å²) in [5, 5.41) is 10.9. The molecule has 3 aromatic rings. The highest BCUT2D eigenvalue weighted by Gasteiger charge is 2.19. The normalized spacial score (nSPS) is 15.3. The molecule has 0 bridgehead atoms. The molecule has 1 aliphatic heterocycles. The third-order valence-corrected chi connectivity index (χ3v) is 4.80. The van der Waals surface area contributed by atoms with E-state index in [1.807, 2.05) is 36.4 Å². The Morgan fingerprint density at radius 2 is 1.96 bits per heavy atom. The molecular weight excluding hydrogens is 328 g/mol. The topological polar surface area (TPSA) is 77.2 Å². The molecule has 2 N–H and O–H groups in total. The van der Waals surface area contributed by atoms with Crippen LogP contribution in [0.2, 0.25) is 0 Å². The van der Waals surface area contributed by atoms with Crippen molar-refractivity contribution in [2.45, 2.75) is 6.54 Å². The summed E-state index contributed by atoms with van der Waals surface area (Å²) < 4.78 is 0. The molecule has 1 aliphatic rings. The summed E-state index contributed by atoms with van der Waals surface area (Å²) in [6.45, 7) is 4.34. The lowest BCUT2D eigenvalue weighted by Gasteiger charge is -2.34. The van der Waals surface area contributed by atoms with Crippen LogP contribution in [0, 0.1) is 0 Å². The number of aromatic nitrogens is 3. The summed E-state index contributed by atoms with van der Waals surface area (Å²) >= 11 is 0. The predicted octanol–water partition coefficient (Wildman–Crippen LogP) is 1.64. The number of aromatic amines is 1. The molecule has 134 valence electrons. The van der Waals surface area contributed by atoms with Crippen LogP contribution in [-0.4, -0.2) is 59.2 Å². The van der Waals surface area contributed by atoms with E-state index in [9.17, 15) is 4.79 Å². The summed E-state index contributed by atoms with van der Waals surface area (Å²) in [5.41, 5.74) is 2.30. The van der Waals surface area contributed by atoms with E-state index >= 15 is 0 Å². The predicted molar refractivity (Wildman–Crippen MR) is 101 cm³/mol. The zero-order valence-corrected chi connectivity index (χ0v) is 14.8. The standard InChI is InChI=1S/C19H22N6O/c1-24-9-11-25(12-10-24)18-14(5-4-8-20-18)13-21-19(26)17-15-6-2-3-7-16(15)22-23-17/h2-8H,9-13H2,1H3,(H,21,26)(H,22,23). The Labute approximate surface area is 152 Å². The SMILES string of the molecule is CN1CCN(c2ncccc2CNC(=O)c2n[nH]c3ccccc23)CC1. The van der Waals surface area contributed by atoms with Gasteiger partial charge in [-0.1, -0.05) is 24.3 Å². The number of pyridine rings is 1. The lowest BCUT2D eigenvalue weighted by Crippen LogP contribution is -2.45. The van der Waals surface area contributed by atoms with Crippen LogP contribution in [0.15, 0.2) is 42.6 Å². The van der Waals surface area contributed by atoms with Gasteiger partial charge in [0.25, 0.3) is 5.91 Å². The van der Waals surface area contributed by atoms with E-state index in [4.69, 9.17) is 0 Å². The average Bonchev–Trinajstić information content (AvgIpc) is 3.11. The highest BCUT2D eigenvalue weighted by molar-refractivity contribution is 6.04. The second kappa shape index (κ2) is 7.13. The molecule has 0 aliphatic carbocycles. The van der Waals surface area contributed by atoms with Crippen molar-refractivity contribution >= 4 is 22.6 Å². The first-order chi connectivity index (χ1) is 12.7. The maximum atomic E-state index is 12.6. The Hall–Kier alpha value is -2.93. The van der Waals surface area contributed by atoms with E-state index in [-0.39, 0.29) is 5.91 Å². The minimum atomic E-state index is -0.185. The number of nitrogens with one attached hydrogen (secondary N) is 2. The summed E-state index contributed by atoms with van der Waals surface area (Å²) in [4.78, 5) is 21.7. The fourth-order valence-corrected chi connectivity index (χ4v) is 3.27. The maximum Gasteiger partial charge on any atom is 0.272 e.